The van der Waals surface area contributed by atoms with E-state index in [-0.39, 0.29) is 6.42 Å². The number of hydrogen-bond acceptors (Lipinski definition) is 1. The maximum absolute atomic E-state index is 11.3. The van der Waals surface area contributed by atoms with Gasteiger partial charge in [0.05, 0.1) is 12.1 Å². The molecule has 0 fully saturated rings. The maximum Gasteiger partial charge on any atom is 0.307 e. The number of fused-ring (bicyclic) bond motifs is 1. The summed E-state index contributed by atoms with van der Waals surface area (Å²) >= 11 is 6.08. The van der Waals surface area contributed by atoms with Crippen LogP contribution in [0.5, 0.6) is 0 Å². The standard InChI is InChI=1S/C18H16ClNO2/c1-10-6-11(2)17-14(7-10)15(9-16(21)22)18(20-17)12-4-3-5-13(19)8-12/h3-8,20H,9H2,1-2H3,(H,21,22). The zero-order valence-corrected chi connectivity index (χ0v) is 13.2. The molecule has 0 saturated heterocycles. The second-order valence-electron chi connectivity index (χ2n) is 5.56. The number of H-pyrrole nitrogens is 1. The minimum atomic E-state index is -0.844. The lowest BCUT2D eigenvalue weighted by molar-refractivity contribution is -0.136. The van der Waals surface area contributed by atoms with Crippen molar-refractivity contribution < 1.29 is 9.90 Å². The summed E-state index contributed by atoms with van der Waals surface area (Å²) in [5.41, 5.74) is 5.74. The van der Waals surface area contributed by atoms with Gasteiger partial charge < -0.3 is 10.1 Å². The first-order valence-electron chi connectivity index (χ1n) is 7.05. The number of carboxylic acids is 1. The van der Waals surface area contributed by atoms with Crippen molar-refractivity contribution in [2.24, 2.45) is 0 Å². The van der Waals surface area contributed by atoms with Crippen LogP contribution < -0.4 is 0 Å². The lowest BCUT2D eigenvalue weighted by atomic mass is 10.0. The first-order chi connectivity index (χ1) is 10.5. The molecular weight excluding hydrogens is 298 g/mol. The Labute approximate surface area is 133 Å². The van der Waals surface area contributed by atoms with Crippen LogP contribution in [0.3, 0.4) is 0 Å². The molecule has 0 aliphatic heterocycles. The number of nitrogens with one attached hydrogen (secondary N) is 1. The minimum Gasteiger partial charge on any atom is -0.481 e. The fourth-order valence-corrected chi connectivity index (χ4v) is 3.12. The summed E-state index contributed by atoms with van der Waals surface area (Å²) < 4.78 is 0. The lowest BCUT2D eigenvalue weighted by Gasteiger charge is -2.04. The van der Waals surface area contributed by atoms with Crippen LogP contribution >= 0.6 is 11.6 Å². The van der Waals surface area contributed by atoms with Gasteiger partial charge in [-0.05, 0) is 48.7 Å². The van der Waals surface area contributed by atoms with Crippen molar-refractivity contribution in [3.05, 3.63) is 58.1 Å². The van der Waals surface area contributed by atoms with Crippen LogP contribution in [-0.4, -0.2) is 16.1 Å². The molecule has 0 bridgehead atoms. The highest BCUT2D eigenvalue weighted by atomic mass is 35.5. The Morgan fingerprint density at radius 1 is 1.23 bits per heavy atom. The fraction of sp³-hybridized carbons (Fsp3) is 0.167. The SMILES string of the molecule is Cc1cc(C)c2[nH]c(-c3cccc(Cl)c3)c(CC(=O)O)c2c1. The van der Waals surface area contributed by atoms with Gasteiger partial charge in [-0.25, -0.2) is 0 Å². The predicted octanol–water partition coefficient (Wildman–Crippen LogP) is 4.73. The Morgan fingerprint density at radius 2 is 2.00 bits per heavy atom. The van der Waals surface area contributed by atoms with E-state index >= 15 is 0 Å². The summed E-state index contributed by atoms with van der Waals surface area (Å²) in [4.78, 5) is 14.7. The Balaban J connectivity index is 2.33. The summed E-state index contributed by atoms with van der Waals surface area (Å²) in [6, 6.07) is 11.6. The number of hydrogen-bond donors (Lipinski definition) is 2. The molecule has 0 unspecified atom stereocenters. The zero-order valence-electron chi connectivity index (χ0n) is 12.4. The topological polar surface area (TPSA) is 53.1 Å². The van der Waals surface area contributed by atoms with Crippen molar-refractivity contribution in [1.29, 1.82) is 0 Å². The number of aliphatic carboxylic acids is 1. The third-order valence-electron chi connectivity index (χ3n) is 3.80. The first kappa shape index (κ1) is 14.7. The van der Waals surface area contributed by atoms with Gasteiger partial charge in [0.15, 0.2) is 0 Å². The van der Waals surface area contributed by atoms with Crippen LogP contribution in [0.4, 0.5) is 0 Å². The molecule has 2 N–H and O–H groups in total. The molecule has 1 aromatic heterocycles. The second kappa shape index (κ2) is 5.50. The highest BCUT2D eigenvalue weighted by molar-refractivity contribution is 6.30. The van der Waals surface area contributed by atoms with Gasteiger partial charge >= 0.3 is 5.97 Å². The van der Waals surface area contributed by atoms with E-state index in [0.717, 1.165) is 38.9 Å². The quantitative estimate of drug-likeness (QED) is 0.734. The molecule has 0 aliphatic rings. The van der Waals surface area contributed by atoms with E-state index < -0.39 is 5.97 Å². The largest absolute Gasteiger partial charge is 0.481 e. The number of aromatic nitrogens is 1. The van der Waals surface area contributed by atoms with Gasteiger partial charge in [-0.2, -0.15) is 0 Å². The average molecular weight is 314 g/mol. The molecular formula is C18H16ClNO2. The molecule has 3 nitrogen and oxygen atoms in total. The van der Waals surface area contributed by atoms with E-state index in [0.29, 0.717) is 5.02 Å². The number of aromatic amines is 1. The molecule has 3 rings (SSSR count). The van der Waals surface area contributed by atoms with Crippen molar-refractivity contribution in [3.8, 4) is 11.3 Å². The highest BCUT2D eigenvalue weighted by Crippen LogP contribution is 2.34. The molecule has 1 heterocycles. The molecule has 0 saturated carbocycles. The van der Waals surface area contributed by atoms with Gasteiger partial charge in [0.25, 0.3) is 0 Å². The number of aryl methyl sites for hydroxylation is 2. The van der Waals surface area contributed by atoms with Crippen LogP contribution in [0.25, 0.3) is 22.2 Å². The molecule has 22 heavy (non-hydrogen) atoms. The van der Waals surface area contributed by atoms with Crippen molar-refractivity contribution in [2.75, 3.05) is 0 Å². The van der Waals surface area contributed by atoms with E-state index in [1.165, 1.54) is 0 Å². The third kappa shape index (κ3) is 2.60. The zero-order chi connectivity index (χ0) is 15.9. The third-order valence-corrected chi connectivity index (χ3v) is 4.03. The van der Waals surface area contributed by atoms with E-state index in [9.17, 15) is 9.90 Å². The minimum absolute atomic E-state index is 0.0231. The smallest absolute Gasteiger partial charge is 0.307 e. The molecule has 0 atom stereocenters. The molecule has 4 heteroatoms. The van der Waals surface area contributed by atoms with Crippen molar-refractivity contribution in [2.45, 2.75) is 20.3 Å². The van der Waals surface area contributed by atoms with Crippen LogP contribution in [0, 0.1) is 13.8 Å². The molecule has 0 radical (unpaired) electrons. The summed E-state index contributed by atoms with van der Waals surface area (Å²) in [5.74, 6) is -0.844. The normalized spacial score (nSPS) is 11.0. The Bertz CT molecular complexity index is 880. The van der Waals surface area contributed by atoms with Crippen molar-refractivity contribution in [1.82, 2.24) is 4.98 Å². The summed E-state index contributed by atoms with van der Waals surface area (Å²) in [6.45, 7) is 4.04. The van der Waals surface area contributed by atoms with Crippen LogP contribution in [-0.2, 0) is 11.2 Å². The number of rotatable bonds is 3. The van der Waals surface area contributed by atoms with Gasteiger partial charge in [-0.15, -0.1) is 0 Å². The van der Waals surface area contributed by atoms with Gasteiger partial charge in [0.1, 0.15) is 0 Å². The number of carbonyl (C=O) groups is 1. The van der Waals surface area contributed by atoms with Gasteiger partial charge in [0, 0.05) is 15.9 Å². The van der Waals surface area contributed by atoms with E-state index in [1.807, 2.05) is 38.1 Å². The van der Waals surface area contributed by atoms with Crippen LogP contribution in [0.1, 0.15) is 16.7 Å². The van der Waals surface area contributed by atoms with Gasteiger partial charge in [0.2, 0.25) is 0 Å². The highest BCUT2D eigenvalue weighted by Gasteiger charge is 2.17. The Kier molecular flexibility index (Phi) is 3.67. The molecule has 3 aromatic rings. The van der Waals surface area contributed by atoms with Gasteiger partial charge in [-0.1, -0.05) is 35.4 Å². The van der Waals surface area contributed by atoms with Crippen molar-refractivity contribution >= 4 is 28.5 Å². The summed E-state index contributed by atoms with van der Waals surface area (Å²) in [6.07, 6.45) is -0.0231. The monoisotopic (exact) mass is 313 g/mol. The van der Waals surface area contributed by atoms with E-state index in [1.54, 1.807) is 6.07 Å². The number of benzene rings is 2. The van der Waals surface area contributed by atoms with Gasteiger partial charge in [-0.3, -0.25) is 4.79 Å². The Morgan fingerprint density at radius 3 is 2.68 bits per heavy atom. The summed E-state index contributed by atoms with van der Waals surface area (Å²) in [5, 5.41) is 10.9. The van der Waals surface area contributed by atoms with Crippen LogP contribution in [0.2, 0.25) is 5.02 Å². The van der Waals surface area contributed by atoms with Crippen LogP contribution in [0.15, 0.2) is 36.4 Å². The van der Waals surface area contributed by atoms with Crippen molar-refractivity contribution in [3.63, 3.8) is 0 Å². The summed E-state index contributed by atoms with van der Waals surface area (Å²) in [7, 11) is 0. The molecule has 0 spiro atoms. The molecule has 0 amide bonds. The first-order valence-corrected chi connectivity index (χ1v) is 7.43. The molecule has 0 aliphatic carbocycles. The second-order valence-corrected chi connectivity index (χ2v) is 6.00. The Hall–Kier alpha value is -2.26. The molecule has 2 aromatic carbocycles. The number of carboxylic acid groups (broad SMARTS) is 1. The maximum atomic E-state index is 11.3. The lowest BCUT2D eigenvalue weighted by Crippen LogP contribution is -2.01. The number of halogens is 1. The van der Waals surface area contributed by atoms with E-state index in [2.05, 4.69) is 11.1 Å². The fourth-order valence-electron chi connectivity index (χ4n) is 2.93. The average Bonchev–Trinajstić information content (AvgIpc) is 2.77. The molecule has 112 valence electrons. The predicted molar refractivity (Wildman–Crippen MR) is 89.6 cm³/mol. The van der Waals surface area contributed by atoms with E-state index in [4.69, 9.17) is 11.6 Å².